The maximum atomic E-state index is 11.9. The van der Waals surface area contributed by atoms with Gasteiger partial charge >= 0.3 is 5.97 Å². The van der Waals surface area contributed by atoms with Crippen molar-refractivity contribution in [1.29, 1.82) is 0 Å². The molecule has 6 heteroatoms. The van der Waals surface area contributed by atoms with Crippen LogP contribution >= 0.6 is 0 Å². The van der Waals surface area contributed by atoms with Crippen molar-refractivity contribution in [2.24, 2.45) is 0 Å². The molecule has 0 N–H and O–H groups in total. The van der Waals surface area contributed by atoms with Crippen LogP contribution in [0.2, 0.25) is 0 Å². The van der Waals surface area contributed by atoms with Crippen LogP contribution in [0.1, 0.15) is 41.7 Å². The van der Waals surface area contributed by atoms with Gasteiger partial charge in [-0.2, -0.15) is 0 Å². The lowest BCUT2D eigenvalue weighted by Crippen LogP contribution is -2.11. The van der Waals surface area contributed by atoms with Crippen LogP contribution < -0.4 is 0 Å². The van der Waals surface area contributed by atoms with Gasteiger partial charge in [0.25, 0.3) is 0 Å². The Labute approximate surface area is 116 Å². The van der Waals surface area contributed by atoms with Gasteiger partial charge in [0.2, 0.25) is 0 Å². The van der Waals surface area contributed by atoms with Gasteiger partial charge in [-0.1, -0.05) is 0 Å². The molecule has 0 amide bonds. The third-order valence-electron chi connectivity index (χ3n) is 3.07. The van der Waals surface area contributed by atoms with E-state index in [1.807, 2.05) is 0 Å². The number of aromatic nitrogens is 4. The smallest absolute Gasteiger partial charge is 0.341 e. The fourth-order valence-electron chi connectivity index (χ4n) is 1.97. The summed E-state index contributed by atoms with van der Waals surface area (Å²) >= 11 is 0. The number of hydrogen-bond acceptors (Lipinski definition) is 6. The van der Waals surface area contributed by atoms with Crippen molar-refractivity contribution in [3.8, 4) is 11.5 Å². The third-order valence-corrected chi connectivity index (χ3v) is 3.07. The Bertz CT molecular complexity index is 626. The summed E-state index contributed by atoms with van der Waals surface area (Å²) in [6, 6.07) is 0. The molecule has 1 fully saturated rings. The monoisotopic (exact) mass is 270 g/mol. The molecule has 1 aliphatic carbocycles. The highest BCUT2D eigenvalue weighted by atomic mass is 16.5. The van der Waals surface area contributed by atoms with Crippen molar-refractivity contribution < 1.29 is 9.53 Å². The van der Waals surface area contributed by atoms with Crippen molar-refractivity contribution >= 4 is 5.97 Å². The molecule has 1 saturated carbocycles. The molecule has 0 radical (unpaired) electrons. The van der Waals surface area contributed by atoms with Gasteiger partial charge in [-0.15, -0.1) is 0 Å². The number of hydrogen-bond donors (Lipinski definition) is 0. The Hall–Kier alpha value is -2.37. The summed E-state index contributed by atoms with van der Waals surface area (Å²) in [7, 11) is 0. The molecule has 2 heterocycles. The van der Waals surface area contributed by atoms with E-state index in [-0.39, 0.29) is 5.97 Å². The van der Waals surface area contributed by atoms with Crippen molar-refractivity contribution in [2.45, 2.75) is 25.7 Å². The Morgan fingerprint density at radius 2 is 2.15 bits per heavy atom. The van der Waals surface area contributed by atoms with E-state index < -0.39 is 0 Å². The highest BCUT2D eigenvalue weighted by Gasteiger charge is 2.31. The first kappa shape index (κ1) is 12.7. The van der Waals surface area contributed by atoms with E-state index in [0.717, 1.165) is 18.5 Å². The lowest BCUT2D eigenvalue weighted by atomic mass is 10.1. The van der Waals surface area contributed by atoms with E-state index in [1.54, 1.807) is 25.5 Å². The molecule has 0 bridgehead atoms. The maximum absolute atomic E-state index is 11.9. The lowest BCUT2D eigenvalue weighted by Gasteiger charge is -2.08. The molecular formula is C14H14N4O2. The van der Waals surface area contributed by atoms with Crippen molar-refractivity contribution in [2.75, 3.05) is 6.61 Å². The molecule has 2 aromatic heterocycles. The lowest BCUT2D eigenvalue weighted by molar-refractivity contribution is 0.0524. The van der Waals surface area contributed by atoms with Gasteiger partial charge in [-0.3, -0.25) is 4.98 Å². The zero-order valence-electron chi connectivity index (χ0n) is 11.1. The Morgan fingerprint density at radius 1 is 1.30 bits per heavy atom. The van der Waals surface area contributed by atoms with E-state index in [9.17, 15) is 4.79 Å². The number of carbonyl (C=O) groups is 1. The second kappa shape index (κ2) is 5.32. The van der Waals surface area contributed by atoms with Gasteiger partial charge in [0.05, 0.1) is 24.1 Å². The summed E-state index contributed by atoms with van der Waals surface area (Å²) in [4.78, 5) is 28.8. The maximum Gasteiger partial charge on any atom is 0.341 e. The van der Waals surface area contributed by atoms with Gasteiger partial charge < -0.3 is 4.74 Å². The van der Waals surface area contributed by atoms with Crippen LogP contribution in [-0.2, 0) is 4.74 Å². The summed E-state index contributed by atoms with van der Waals surface area (Å²) in [6.07, 6.45) is 8.42. The first-order valence-corrected chi connectivity index (χ1v) is 6.60. The predicted octanol–water partition coefficient (Wildman–Crippen LogP) is 1.99. The molecule has 0 aliphatic heterocycles. The third kappa shape index (κ3) is 2.49. The quantitative estimate of drug-likeness (QED) is 0.790. The number of rotatable bonds is 4. The molecule has 2 aromatic rings. The minimum atomic E-state index is -0.361. The zero-order chi connectivity index (χ0) is 13.9. The molecule has 3 rings (SSSR count). The Balaban J connectivity index is 2.00. The summed E-state index contributed by atoms with van der Waals surface area (Å²) in [6.45, 7) is 2.12. The van der Waals surface area contributed by atoms with Gasteiger partial charge in [0.15, 0.2) is 5.82 Å². The molecule has 0 atom stereocenters. The molecule has 20 heavy (non-hydrogen) atoms. The molecule has 0 saturated heterocycles. The molecular weight excluding hydrogens is 256 g/mol. The van der Waals surface area contributed by atoms with Crippen molar-refractivity contribution in [3.05, 3.63) is 36.0 Å². The van der Waals surface area contributed by atoms with Gasteiger partial charge in [-0.25, -0.2) is 19.7 Å². The molecule has 6 nitrogen and oxygen atoms in total. The number of carbonyl (C=O) groups excluding carboxylic acids is 1. The highest BCUT2D eigenvalue weighted by molar-refractivity contribution is 5.90. The van der Waals surface area contributed by atoms with Crippen LogP contribution in [0.25, 0.3) is 11.5 Å². The van der Waals surface area contributed by atoms with Crippen LogP contribution in [0.5, 0.6) is 0 Å². The SMILES string of the molecule is CCOC(=O)c1cnc(-c2cnccn2)nc1C1CC1. The number of ether oxygens (including phenoxy) is 1. The normalized spacial score (nSPS) is 14.1. The predicted molar refractivity (Wildman–Crippen MR) is 71.0 cm³/mol. The van der Waals surface area contributed by atoms with E-state index >= 15 is 0 Å². The summed E-state index contributed by atoms with van der Waals surface area (Å²) in [5, 5.41) is 0. The van der Waals surface area contributed by atoms with Gasteiger partial charge in [0, 0.05) is 24.5 Å². The van der Waals surface area contributed by atoms with Gasteiger partial charge in [-0.05, 0) is 19.8 Å². The first-order valence-electron chi connectivity index (χ1n) is 6.60. The Kier molecular flexibility index (Phi) is 3.37. The molecule has 0 unspecified atom stereocenters. The summed E-state index contributed by atoms with van der Waals surface area (Å²) in [5.41, 5.74) is 1.82. The average Bonchev–Trinajstić information content (AvgIpc) is 3.32. The highest BCUT2D eigenvalue weighted by Crippen LogP contribution is 2.41. The van der Waals surface area contributed by atoms with E-state index in [4.69, 9.17) is 4.74 Å². The molecule has 0 spiro atoms. The standard InChI is InChI=1S/C14H14N4O2/c1-2-20-14(19)10-7-17-13(11-8-15-5-6-16-11)18-12(10)9-3-4-9/h5-9H,2-4H2,1H3. The fraction of sp³-hybridized carbons (Fsp3) is 0.357. The average molecular weight is 270 g/mol. The minimum Gasteiger partial charge on any atom is -0.462 e. The fourth-order valence-corrected chi connectivity index (χ4v) is 1.97. The second-order valence-electron chi connectivity index (χ2n) is 4.58. The number of nitrogens with zero attached hydrogens (tertiary/aromatic N) is 4. The zero-order valence-corrected chi connectivity index (χ0v) is 11.1. The molecule has 0 aromatic carbocycles. The van der Waals surface area contributed by atoms with Crippen LogP contribution in [0, 0.1) is 0 Å². The van der Waals surface area contributed by atoms with Gasteiger partial charge in [0.1, 0.15) is 5.69 Å². The second-order valence-corrected chi connectivity index (χ2v) is 4.58. The van der Waals surface area contributed by atoms with Crippen LogP contribution in [0.4, 0.5) is 0 Å². The van der Waals surface area contributed by atoms with E-state index in [2.05, 4.69) is 19.9 Å². The first-order chi connectivity index (χ1) is 9.79. The molecule has 102 valence electrons. The largest absolute Gasteiger partial charge is 0.462 e. The van der Waals surface area contributed by atoms with Crippen LogP contribution in [0.3, 0.4) is 0 Å². The van der Waals surface area contributed by atoms with Crippen molar-refractivity contribution in [3.63, 3.8) is 0 Å². The van der Waals surface area contributed by atoms with Crippen LogP contribution in [-0.4, -0.2) is 32.5 Å². The summed E-state index contributed by atoms with van der Waals surface area (Å²) < 4.78 is 5.05. The number of esters is 1. The van der Waals surface area contributed by atoms with E-state index in [0.29, 0.717) is 29.6 Å². The Morgan fingerprint density at radius 3 is 2.80 bits per heavy atom. The minimum absolute atomic E-state index is 0.327. The summed E-state index contributed by atoms with van der Waals surface area (Å²) in [5.74, 6) is 0.459. The van der Waals surface area contributed by atoms with E-state index in [1.165, 1.54) is 6.20 Å². The van der Waals surface area contributed by atoms with Crippen LogP contribution in [0.15, 0.2) is 24.8 Å². The topological polar surface area (TPSA) is 77.9 Å². The van der Waals surface area contributed by atoms with Crippen molar-refractivity contribution in [1.82, 2.24) is 19.9 Å². The molecule has 1 aliphatic rings.